The molecule has 0 amide bonds. The number of hydrogen-bond acceptors (Lipinski definition) is 3. The number of nitrogens with one attached hydrogen (secondary N) is 1. The van der Waals surface area contributed by atoms with E-state index in [2.05, 4.69) is 20.9 Å². The maximum Gasteiger partial charge on any atom is 0.335 e. The highest BCUT2D eigenvalue weighted by Crippen LogP contribution is 2.38. The molecule has 2 aromatic heterocycles. The number of benzene rings is 1. The van der Waals surface area contributed by atoms with E-state index < -0.39 is 5.97 Å². The van der Waals surface area contributed by atoms with Crippen LogP contribution in [0.1, 0.15) is 33.8 Å². The number of thiocarbonyl (C=S) groups is 1. The van der Waals surface area contributed by atoms with E-state index in [0.717, 1.165) is 17.1 Å². The van der Waals surface area contributed by atoms with Crippen molar-refractivity contribution >= 4 is 23.3 Å². The van der Waals surface area contributed by atoms with Crippen LogP contribution in [0.2, 0.25) is 0 Å². The Morgan fingerprint density at radius 2 is 1.93 bits per heavy atom. The van der Waals surface area contributed by atoms with Crippen LogP contribution >= 0.6 is 12.2 Å². The van der Waals surface area contributed by atoms with E-state index in [4.69, 9.17) is 17.3 Å². The summed E-state index contributed by atoms with van der Waals surface area (Å²) in [6, 6.07) is 16.6. The molecule has 0 bridgehead atoms. The van der Waals surface area contributed by atoms with Gasteiger partial charge in [-0.3, -0.25) is 4.98 Å². The highest BCUT2D eigenvalue weighted by atomic mass is 32.1. The van der Waals surface area contributed by atoms with E-state index in [9.17, 15) is 4.79 Å². The van der Waals surface area contributed by atoms with Crippen molar-refractivity contribution in [2.24, 2.45) is 0 Å². The van der Waals surface area contributed by atoms with Crippen molar-refractivity contribution in [1.29, 1.82) is 0 Å². The molecule has 3 aromatic rings. The molecular weight excluding hydrogens is 360 g/mol. The first-order valence-electron chi connectivity index (χ1n) is 8.51. The summed E-state index contributed by atoms with van der Waals surface area (Å²) in [5.41, 5.74) is 3.12. The van der Waals surface area contributed by atoms with E-state index in [1.165, 1.54) is 0 Å². The first-order chi connectivity index (χ1) is 13.1. The summed E-state index contributed by atoms with van der Waals surface area (Å²) in [5.74, 6) is -0.936. The molecule has 1 aromatic carbocycles. The maximum absolute atomic E-state index is 11.1. The molecule has 1 aliphatic rings. The van der Waals surface area contributed by atoms with Crippen LogP contribution in [0.5, 0.6) is 0 Å². The Morgan fingerprint density at radius 3 is 2.59 bits per heavy atom. The molecule has 4 rings (SSSR count). The molecule has 7 heteroatoms. The molecule has 1 saturated heterocycles. The van der Waals surface area contributed by atoms with Crippen molar-refractivity contribution in [3.63, 3.8) is 0 Å². The van der Waals surface area contributed by atoms with Crippen molar-refractivity contribution < 1.29 is 9.90 Å². The molecule has 2 N–H and O–H groups in total. The van der Waals surface area contributed by atoms with Crippen LogP contribution in [-0.2, 0) is 0 Å². The number of carboxylic acid groups (broad SMARTS) is 1. The normalized spacial score (nSPS) is 19.1. The van der Waals surface area contributed by atoms with Gasteiger partial charge in [-0.1, -0.05) is 6.07 Å². The van der Waals surface area contributed by atoms with Gasteiger partial charge in [0.15, 0.2) is 5.11 Å². The number of carbonyl (C=O) groups is 1. The van der Waals surface area contributed by atoms with Gasteiger partial charge in [-0.2, -0.15) is 0 Å². The fraction of sp³-hybridized carbons (Fsp3) is 0.150. The van der Waals surface area contributed by atoms with Gasteiger partial charge in [-0.25, -0.2) is 4.79 Å². The minimum absolute atomic E-state index is 0.0402. The fourth-order valence-electron chi connectivity index (χ4n) is 3.46. The number of hydrogen-bond donors (Lipinski definition) is 2. The average molecular weight is 378 g/mol. The van der Waals surface area contributed by atoms with E-state index in [1.54, 1.807) is 18.3 Å². The van der Waals surface area contributed by atoms with Gasteiger partial charge in [-0.15, -0.1) is 0 Å². The Balaban J connectivity index is 1.75. The van der Waals surface area contributed by atoms with Gasteiger partial charge in [0, 0.05) is 30.8 Å². The summed E-state index contributed by atoms with van der Waals surface area (Å²) < 4.78 is 2.05. The predicted molar refractivity (Wildman–Crippen MR) is 106 cm³/mol. The Kier molecular flexibility index (Phi) is 4.37. The lowest BCUT2D eigenvalue weighted by atomic mass is 10.0. The second-order valence-corrected chi connectivity index (χ2v) is 6.78. The third-order valence-electron chi connectivity index (χ3n) is 4.81. The zero-order valence-corrected chi connectivity index (χ0v) is 15.4. The van der Waals surface area contributed by atoms with Crippen molar-refractivity contribution in [3.8, 4) is 5.69 Å². The molecule has 136 valence electrons. The molecule has 27 heavy (non-hydrogen) atoms. The van der Waals surface area contributed by atoms with Gasteiger partial charge >= 0.3 is 5.97 Å². The Morgan fingerprint density at radius 1 is 1.15 bits per heavy atom. The maximum atomic E-state index is 11.1. The highest BCUT2D eigenvalue weighted by molar-refractivity contribution is 7.80. The topological polar surface area (TPSA) is 70.4 Å². The number of nitrogens with zero attached hydrogens (tertiary/aromatic N) is 3. The zero-order chi connectivity index (χ0) is 19.0. The quantitative estimate of drug-likeness (QED) is 0.680. The van der Waals surface area contributed by atoms with Crippen LogP contribution in [0.3, 0.4) is 0 Å². The first-order valence-corrected chi connectivity index (χ1v) is 8.92. The molecule has 0 aliphatic carbocycles. The third kappa shape index (κ3) is 3.06. The zero-order valence-electron chi connectivity index (χ0n) is 14.6. The SMILES string of the molecule is CN1C(=S)N[C@H](c2ccccn2)[C@@H]1c1cccn1-c1ccc(C(=O)O)cc1. The molecule has 2 atom stereocenters. The number of aromatic nitrogens is 2. The number of pyridine rings is 1. The lowest BCUT2D eigenvalue weighted by Gasteiger charge is -2.25. The molecule has 6 nitrogen and oxygen atoms in total. The number of likely N-dealkylation sites (N-methyl/N-ethyl adjacent to an activating group) is 1. The van der Waals surface area contributed by atoms with Gasteiger partial charge < -0.3 is 19.9 Å². The molecular formula is C20H18N4O2S. The van der Waals surface area contributed by atoms with Gasteiger partial charge in [0.25, 0.3) is 0 Å². The lowest BCUT2D eigenvalue weighted by molar-refractivity contribution is 0.0697. The Hall–Kier alpha value is -3.19. The van der Waals surface area contributed by atoms with Crippen LogP contribution in [0.15, 0.2) is 67.0 Å². The van der Waals surface area contributed by atoms with Crippen LogP contribution < -0.4 is 5.32 Å². The minimum Gasteiger partial charge on any atom is -0.478 e. The predicted octanol–water partition coefficient (Wildman–Crippen LogP) is 3.17. The average Bonchev–Trinajstić information content (AvgIpc) is 3.27. The molecule has 1 fully saturated rings. The Bertz CT molecular complexity index is 985. The van der Waals surface area contributed by atoms with Crippen LogP contribution in [0, 0.1) is 0 Å². The largest absolute Gasteiger partial charge is 0.478 e. The van der Waals surface area contributed by atoms with Gasteiger partial charge in [0.05, 0.1) is 23.3 Å². The summed E-state index contributed by atoms with van der Waals surface area (Å²) in [6.45, 7) is 0. The first kappa shape index (κ1) is 17.2. The van der Waals surface area contributed by atoms with Crippen LogP contribution in [0.25, 0.3) is 5.69 Å². The summed E-state index contributed by atoms with van der Waals surface area (Å²) in [5, 5.41) is 13.2. The number of carboxylic acids is 1. The standard InChI is InChI=1S/C20H18N4O2S/c1-23-18(17(22-20(23)27)15-5-2-3-11-21-15)16-6-4-12-24(16)14-9-7-13(8-10-14)19(25)26/h2-12,17-18H,1H3,(H,22,27)(H,25,26)/t17-,18+/m1/s1. The van der Waals surface area contributed by atoms with Crippen molar-refractivity contribution in [1.82, 2.24) is 19.8 Å². The van der Waals surface area contributed by atoms with Gasteiger partial charge in [0.1, 0.15) is 0 Å². The molecule has 3 heterocycles. The van der Waals surface area contributed by atoms with Crippen LogP contribution in [0.4, 0.5) is 0 Å². The van der Waals surface area contributed by atoms with Crippen molar-refractivity contribution in [3.05, 3.63) is 83.9 Å². The molecule has 0 radical (unpaired) electrons. The minimum atomic E-state index is -0.936. The smallest absolute Gasteiger partial charge is 0.335 e. The number of aromatic carboxylic acids is 1. The summed E-state index contributed by atoms with van der Waals surface area (Å²) in [6.07, 6.45) is 3.74. The summed E-state index contributed by atoms with van der Waals surface area (Å²) >= 11 is 5.49. The van der Waals surface area contributed by atoms with E-state index >= 15 is 0 Å². The molecule has 0 unspecified atom stereocenters. The van der Waals surface area contributed by atoms with E-state index in [1.807, 2.05) is 54.5 Å². The highest BCUT2D eigenvalue weighted by Gasteiger charge is 2.39. The summed E-state index contributed by atoms with van der Waals surface area (Å²) in [7, 11) is 1.97. The Labute approximate surface area is 162 Å². The second-order valence-electron chi connectivity index (χ2n) is 6.39. The van der Waals surface area contributed by atoms with Crippen LogP contribution in [-0.4, -0.2) is 37.7 Å². The monoisotopic (exact) mass is 378 g/mol. The molecule has 0 saturated carbocycles. The van der Waals surface area contributed by atoms with E-state index in [-0.39, 0.29) is 17.6 Å². The molecule has 0 spiro atoms. The second kappa shape index (κ2) is 6.85. The van der Waals surface area contributed by atoms with Crippen molar-refractivity contribution in [2.45, 2.75) is 12.1 Å². The summed E-state index contributed by atoms with van der Waals surface area (Å²) in [4.78, 5) is 17.6. The lowest BCUT2D eigenvalue weighted by Crippen LogP contribution is -2.25. The molecule has 1 aliphatic heterocycles. The third-order valence-corrected chi connectivity index (χ3v) is 5.22. The van der Waals surface area contributed by atoms with Gasteiger partial charge in [0.2, 0.25) is 0 Å². The van der Waals surface area contributed by atoms with Gasteiger partial charge in [-0.05, 0) is 60.7 Å². The number of rotatable bonds is 4. The van der Waals surface area contributed by atoms with Crippen molar-refractivity contribution in [2.75, 3.05) is 7.05 Å². The fourth-order valence-corrected chi connectivity index (χ4v) is 3.70. The van der Waals surface area contributed by atoms with E-state index in [0.29, 0.717) is 5.11 Å².